The highest BCUT2D eigenvalue weighted by molar-refractivity contribution is 5.90. The quantitative estimate of drug-likeness (QED) is 0.607. The average Bonchev–Trinajstić information content (AvgIpc) is 2.17. The lowest BCUT2D eigenvalue weighted by atomic mass is 10.2. The molecule has 16 heavy (non-hydrogen) atoms. The number of phenolic OH excluding ortho intramolecular Hbond substituents is 2. The second-order valence-corrected chi connectivity index (χ2v) is 2.89. The molecular formula is C9H7F3O4. The average molecular weight is 236 g/mol. The molecule has 0 amide bonds. The predicted octanol–water partition coefficient (Wildman–Crippen LogP) is 1.82. The van der Waals surface area contributed by atoms with Gasteiger partial charge >= 0.3 is 12.1 Å². The van der Waals surface area contributed by atoms with Gasteiger partial charge in [0.25, 0.3) is 0 Å². The molecule has 2 N–H and O–H groups in total. The van der Waals surface area contributed by atoms with Crippen LogP contribution >= 0.6 is 0 Å². The number of carbonyl (C=O) groups excluding carboxylic acids is 1. The van der Waals surface area contributed by atoms with Crippen molar-refractivity contribution in [2.75, 3.05) is 6.61 Å². The van der Waals surface area contributed by atoms with Crippen molar-refractivity contribution >= 4 is 5.97 Å². The fraction of sp³-hybridized carbons (Fsp3) is 0.222. The number of halogens is 3. The predicted molar refractivity (Wildman–Crippen MR) is 46.1 cm³/mol. The Morgan fingerprint density at radius 1 is 1.25 bits per heavy atom. The molecule has 0 spiro atoms. The van der Waals surface area contributed by atoms with Gasteiger partial charge in [0, 0.05) is 0 Å². The monoisotopic (exact) mass is 236 g/mol. The second-order valence-electron chi connectivity index (χ2n) is 2.89. The van der Waals surface area contributed by atoms with E-state index in [1.165, 1.54) is 0 Å². The van der Waals surface area contributed by atoms with Gasteiger partial charge in [0.1, 0.15) is 0 Å². The number of hydrogen-bond donors (Lipinski definition) is 2. The summed E-state index contributed by atoms with van der Waals surface area (Å²) < 4.78 is 39.1. The lowest BCUT2D eigenvalue weighted by Gasteiger charge is -2.08. The standard InChI is InChI=1S/C9H7F3O4/c10-9(11,12)4-16-8(15)5-1-2-6(13)7(14)3-5/h1-3,13-14H,4H2. The van der Waals surface area contributed by atoms with Crippen molar-refractivity contribution in [2.24, 2.45) is 0 Å². The van der Waals surface area contributed by atoms with Crippen LogP contribution in [0.15, 0.2) is 18.2 Å². The largest absolute Gasteiger partial charge is 0.504 e. The summed E-state index contributed by atoms with van der Waals surface area (Å²) in [6.07, 6.45) is -4.60. The van der Waals surface area contributed by atoms with Crippen LogP contribution < -0.4 is 0 Å². The highest BCUT2D eigenvalue weighted by atomic mass is 19.4. The highest BCUT2D eigenvalue weighted by Gasteiger charge is 2.29. The molecular weight excluding hydrogens is 229 g/mol. The van der Waals surface area contributed by atoms with Gasteiger partial charge in [0.05, 0.1) is 5.56 Å². The third-order valence-electron chi connectivity index (χ3n) is 1.58. The Hall–Kier alpha value is -1.92. The van der Waals surface area contributed by atoms with Crippen LogP contribution in [-0.4, -0.2) is 29.0 Å². The molecule has 1 aromatic carbocycles. The first-order valence-corrected chi connectivity index (χ1v) is 4.05. The van der Waals surface area contributed by atoms with Gasteiger partial charge in [-0.2, -0.15) is 13.2 Å². The summed E-state index contributed by atoms with van der Waals surface area (Å²) >= 11 is 0. The molecule has 7 heteroatoms. The number of aromatic hydroxyl groups is 2. The zero-order valence-corrected chi connectivity index (χ0v) is 7.78. The molecule has 0 bridgehead atoms. The Morgan fingerprint density at radius 2 is 1.88 bits per heavy atom. The highest BCUT2D eigenvalue weighted by Crippen LogP contribution is 2.25. The Labute approximate surface area is 87.9 Å². The SMILES string of the molecule is O=C(OCC(F)(F)F)c1ccc(O)c(O)c1. The first-order chi connectivity index (χ1) is 7.29. The van der Waals surface area contributed by atoms with Gasteiger partial charge in [0.2, 0.25) is 0 Å². The maximum atomic E-state index is 11.7. The zero-order chi connectivity index (χ0) is 12.3. The normalized spacial score (nSPS) is 11.2. The van der Waals surface area contributed by atoms with E-state index in [1.807, 2.05) is 0 Å². The maximum Gasteiger partial charge on any atom is 0.422 e. The number of esters is 1. The van der Waals surface area contributed by atoms with E-state index in [4.69, 9.17) is 10.2 Å². The van der Waals surface area contributed by atoms with Gasteiger partial charge in [-0.05, 0) is 18.2 Å². The van der Waals surface area contributed by atoms with E-state index in [0.29, 0.717) is 0 Å². The summed E-state index contributed by atoms with van der Waals surface area (Å²) in [5, 5.41) is 17.9. The Morgan fingerprint density at radius 3 is 2.38 bits per heavy atom. The van der Waals surface area contributed by atoms with E-state index in [9.17, 15) is 18.0 Å². The summed E-state index contributed by atoms with van der Waals surface area (Å²) in [5.74, 6) is -2.32. The lowest BCUT2D eigenvalue weighted by Crippen LogP contribution is -2.20. The van der Waals surface area contributed by atoms with Crippen LogP contribution in [0.1, 0.15) is 10.4 Å². The third kappa shape index (κ3) is 3.34. The Kier molecular flexibility index (Phi) is 3.26. The van der Waals surface area contributed by atoms with Crippen LogP contribution in [0.4, 0.5) is 13.2 Å². The minimum absolute atomic E-state index is 0.278. The first kappa shape index (κ1) is 12.2. The Bertz CT molecular complexity index is 400. The van der Waals surface area contributed by atoms with Crippen LogP contribution in [0.25, 0.3) is 0 Å². The smallest absolute Gasteiger partial charge is 0.422 e. The minimum Gasteiger partial charge on any atom is -0.504 e. The van der Waals surface area contributed by atoms with Crippen LogP contribution in [0, 0.1) is 0 Å². The van der Waals surface area contributed by atoms with Crippen molar-refractivity contribution in [1.29, 1.82) is 0 Å². The summed E-state index contributed by atoms with van der Waals surface area (Å²) in [6, 6.07) is 2.82. The molecule has 0 aliphatic rings. The van der Waals surface area contributed by atoms with E-state index < -0.39 is 30.3 Å². The number of phenols is 2. The van der Waals surface area contributed by atoms with Crippen molar-refractivity contribution in [1.82, 2.24) is 0 Å². The molecule has 0 aliphatic carbocycles. The molecule has 1 rings (SSSR count). The van der Waals surface area contributed by atoms with Crippen LogP contribution in [-0.2, 0) is 4.74 Å². The van der Waals surface area contributed by atoms with Gasteiger partial charge in [-0.3, -0.25) is 0 Å². The van der Waals surface area contributed by atoms with Crippen LogP contribution in [0.5, 0.6) is 11.5 Å². The van der Waals surface area contributed by atoms with Crippen molar-refractivity contribution in [3.8, 4) is 11.5 Å². The zero-order valence-electron chi connectivity index (χ0n) is 7.78. The molecule has 88 valence electrons. The third-order valence-corrected chi connectivity index (χ3v) is 1.58. The molecule has 1 aromatic rings. The molecule has 0 radical (unpaired) electrons. The van der Waals surface area contributed by atoms with Crippen LogP contribution in [0.2, 0.25) is 0 Å². The number of rotatable bonds is 2. The number of carbonyl (C=O) groups is 1. The first-order valence-electron chi connectivity index (χ1n) is 4.05. The van der Waals surface area contributed by atoms with Gasteiger partial charge in [-0.25, -0.2) is 4.79 Å². The van der Waals surface area contributed by atoms with E-state index in [0.717, 1.165) is 18.2 Å². The topological polar surface area (TPSA) is 66.8 Å². The molecule has 0 fully saturated rings. The fourth-order valence-corrected chi connectivity index (χ4v) is 0.881. The van der Waals surface area contributed by atoms with Gasteiger partial charge < -0.3 is 14.9 Å². The number of alkyl halides is 3. The molecule has 4 nitrogen and oxygen atoms in total. The van der Waals surface area contributed by atoms with Gasteiger partial charge in [0.15, 0.2) is 18.1 Å². The lowest BCUT2D eigenvalue weighted by molar-refractivity contribution is -0.161. The molecule has 0 saturated carbocycles. The summed E-state index contributed by atoms with van der Waals surface area (Å²) in [7, 11) is 0. The maximum absolute atomic E-state index is 11.7. The molecule has 0 aromatic heterocycles. The van der Waals surface area contributed by atoms with Crippen molar-refractivity contribution in [3.05, 3.63) is 23.8 Å². The van der Waals surface area contributed by atoms with E-state index in [-0.39, 0.29) is 5.56 Å². The number of benzene rings is 1. The van der Waals surface area contributed by atoms with Gasteiger partial charge in [-0.15, -0.1) is 0 Å². The van der Waals surface area contributed by atoms with E-state index >= 15 is 0 Å². The molecule has 0 aliphatic heterocycles. The molecule has 0 atom stereocenters. The molecule has 0 saturated heterocycles. The van der Waals surface area contributed by atoms with Gasteiger partial charge in [-0.1, -0.05) is 0 Å². The van der Waals surface area contributed by atoms with Crippen molar-refractivity contribution < 1.29 is 32.9 Å². The molecule has 0 unspecified atom stereocenters. The van der Waals surface area contributed by atoms with E-state index in [1.54, 1.807) is 0 Å². The minimum atomic E-state index is -4.60. The fourth-order valence-electron chi connectivity index (χ4n) is 0.881. The summed E-state index contributed by atoms with van der Waals surface area (Å²) in [4.78, 5) is 11.0. The Balaban J connectivity index is 2.70. The van der Waals surface area contributed by atoms with Crippen molar-refractivity contribution in [2.45, 2.75) is 6.18 Å². The molecule has 0 heterocycles. The summed E-state index contributed by atoms with van der Waals surface area (Å²) in [6.45, 7) is -1.70. The number of ether oxygens (including phenoxy) is 1. The van der Waals surface area contributed by atoms with Crippen molar-refractivity contribution in [3.63, 3.8) is 0 Å². The number of hydrogen-bond acceptors (Lipinski definition) is 4. The van der Waals surface area contributed by atoms with Crippen LogP contribution in [0.3, 0.4) is 0 Å². The second kappa shape index (κ2) is 4.30. The summed E-state index contributed by atoms with van der Waals surface area (Å²) in [5.41, 5.74) is -0.278. The van der Waals surface area contributed by atoms with E-state index in [2.05, 4.69) is 4.74 Å².